The number of nitrogens with zero attached hydrogens (tertiary/aromatic N) is 3. The molecule has 1 aromatic heterocycles. The topological polar surface area (TPSA) is 91.1 Å². The Hall–Kier alpha value is -3.33. The predicted octanol–water partition coefficient (Wildman–Crippen LogP) is 2.23. The first kappa shape index (κ1) is 15.6. The van der Waals surface area contributed by atoms with Crippen molar-refractivity contribution in [2.24, 2.45) is 0 Å². The van der Waals surface area contributed by atoms with Crippen molar-refractivity contribution < 1.29 is 14.4 Å². The van der Waals surface area contributed by atoms with E-state index in [1.165, 1.54) is 12.3 Å². The number of carbonyl (C=O) groups is 3. The molecule has 1 fully saturated rings. The summed E-state index contributed by atoms with van der Waals surface area (Å²) in [6.07, 6.45) is 1.86. The van der Waals surface area contributed by atoms with Crippen LogP contribution >= 0.6 is 0 Å². The highest BCUT2D eigenvalue weighted by Gasteiger charge is 2.31. The van der Waals surface area contributed by atoms with Crippen LogP contribution in [0, 0.1) is 11.3 Å². The summed E-state index contributed by atoms with van der Waals surface area (Å²) in [5.41, 5.74) is 0.979. The molecule has 0 aliphatic carbocycles. The summed E-state index contributed by atoms with van der Waals surface area (Å²) in [5.74, 6) is -2.03. The third-order valence-corrected chi connectivity index (χ3v) is 3.82. The summed E-state index contributed by atoms with van der Waals surface area (Å²) in [6, 6.07) is 13.2. The summed E-state index contributed by atoms with van der Waals surface area (Å²) < 4.78 is 0. The van der Waals surface area contributed by atoms with Crippen LogP contribution in [0.15, 0.2) is 48.7 Å². The normalized spacial score (nSPS) is 15.2. The zero-order chi connectivity index (χ0) is 17.1. The fraction of sp³-hybridized carbons (Fsp3) is 0.167. The minimum Gasteiger partial charge on any atom is -0.292 e. The van der Waals surface area contributed by atoms with Crippen LogP contribution in [-0.4, -0.2) is 22.6 Å². The maximum Gasteiger partial charge on any atom is 0.234 e. The van der Waals surface area contributed by atoms with Crippen molar-refractivity contribution in [2.45, 2.75) is 18.8 Å². The molecule has 1 aliphatic heterocycles. The first-order valence-electron chi connectivity index (χ1n) is 7.42. The second-order valence-corrected chi connectivity index (χ2v) is 5.35. The zero-order valence-electron chi connectivity index (χ0n) is 12.7. The average molecular weight is 319 g/mol. The third-order valence-electron chi connectivity index (χ3n) is 3.82. The molecule has 2 aromatic rings. The van der Waals surface area contributed by atoms with Gasteiger partial charge in [-0.3, -0.25) is 24.3 Å². The number of anilines is 1. The predicted molar refractivity (Wildman–Crippen MR) is 85.1 cm³/mol. The van der Waals surface area contributed by atoms with Gasteiger partial charge in [0.1, 0.15) is 0 Å². The molecule has 0 bridgehead atoms. The van der Waals surface area contributed by atoms with Crippen LogP contribution in [0.3, 0.4) is 0 Å². The van der Waals surface area contributed by atoms with Crippen LogP contribution in [0.2, 0.25) is 0 Å². The number of hydrogen-bond acceptors (Lipinski definition) is 5. The highest BCUT2D eigenvalue weighted by atomic mass is 16.2. The molecule has 0 saturated carbocycles. The molecular formula is C18H13N3O3. The van der Waals surface area contributed by atoms with E-state index in [-0.39, 0.29) is 30.2 Å². The molecule has 6 nitrogen and oxygen atoms in total. The van der Waals surface area contributed by atoms with Crippen LogP contribution < -0.4 is 4.90 Å². The Bertz CT molecular complexity index is 839. The zero-order valence-corrected chi connectivity index (χ0v) is 12.7. The Morgan fingerprint density at radius 3 is 2.50 bits per heavy atom. The van der Waals surface area contributed by atoms with Crippen molar-refractivity contribution in [1.29, 1.82) is 5.26 Å². The number of amides is 2. The highest BCUT2D eigenvalue weighted by molar-refractivity contribution is 6.20. The summed E-state index contributed by atoms with van der Waals surface area (Å²) in [5, 5.41) is 9.35. The Labute approximate surface area is 138 Å². The number of carbonyl (C=O) groups excluding carboxylic acids is 3. The van der Waals surface area contributed by atoms with Crippen LogP contribution in [0.4, 0.5) is 5.69 Å². The molecule has 1 aliphatic rings. The molecule has 118 valence electrons. The third kappa shape index (κ3) is 2.79. The van der Waals surface area contributed by atoms with E-state index in [0.29, 0.717) is 11.4 Å². The number of Topliss-reactive ketones (excluding diaryl/α,β-unsaturated/α-hetero) is 1. The number of nitriles is 1. The van der Waals surface area contributed by atoms with Gasteiger partial charge in [0.25, 0.3) is 0 Å². The molecule has 6 heteroatoms. The average Bonchev–Trinajstić information content (AvgIpc) is 2.95. The van der Waals surface area contributed by atoms with E-state index in [1.807, 2.05) is 6.07 Å². The standard InChI is InChI=1S/C18H13N3O3/c19-11-14(15-6-1-2-9-20-15)18(24)12-4-3-5-13(10-12)21-16(22)7-8-17(21)23/h1-6,9-10,14H,7-8H2/t14-/m1/s1. The van der Waals surface area contributed by atoms with Crippen molar-refractivity contribution in [2.75, 3.05) is 4.90 Å². The first-order chi connectivity index (χ1) is 11.6. The largest absolute Gasteiger partial charge is 0.292 e. The summed E-state index contributed by atoms with van der Waals surface area (Å²) in [7, 11) is 0. The van der Waals surface area contributed by atoms with Gasteiger partial charge in [0, 0.05) is 24.6 Å². The number of hydrogen-bond donors (Lipinski definition) is 0. The van der Waals surface area contributed by atoms with E-state index in [9.17, 15) is 19.6 Å². The Morgan fingerprint density at radius 2 is 1.88 bits per heavy atom. The van der Waals surface area contributed by atoms with E-state index in [4.69, 9.17) is 0 Å². The molecule has 1 atom stereocenters. The van der Waals surface area contributed by atoms with Gasteiger partial charge in [0.2, 0.25) is 11.8 Å². The number of benzene rings is 1. The van der Waals surface area contributed by atoms with Gasteiger partial charge in [-0.2, -0.15) is 5.26 Å². The van der Waals surface area contributed by atoms with Crippen LogP contribution in [0.25, 0.3) is 0 Å². The molecule has 24 heavy (non-hydrogen) atoms. The monoisotopic (exact) mass is 319 g/mol. The van der Waals surface area contributed by atoms with Crippen molar-refractivity contribution in [3.05, 3.63) is 59.9 Å². The molecular weight excluding hydrogens is 306 g/mol. The second-order valence-electron chi connectivity index (χ2n) is 5.35. The van der Waals surface area contributed by atoms with Crippen LogP contribution in [0.1, 0.15) is 34.8 Å². The van der Waals surface area contributed by atoms with Gasteiger partial charge in [-0.15, -0.1) is 0 Å². The van der Waals surface area contributed by atoms with Gasteiger partial charge in [0.15, 0.2) is 11.7 Å². The number of pyridine rings is 1. The van der Waals surface area contributed by atoms with Gasteiger partial charge >= 0.3 is 0 Å². The van der Waals surface area contributed by atoms with Gasteiger partial charge in [-0.1, -0.05) is 18.2 Å². The SMILES string of the molecule is N#C[C@@H](C(=O)c1cccc(N2C(=O)CCC2=O)c1)c1ccccn1. The quantitative estimate of drug-likeness (QED) is 0.636. The Kier molecular flexibility index (Phi) is 4.17. The van der Waals surface area contributed by atoms with Gasteiger partial charge in [-0.25, -0.2) is 0 Å². The minimum atomic E-state index is -1.04. The number of rotatable bonds is 4. The molecule has 1 aromatic carbocycles. The van der Waals surface area contributed by atoms with Gasteiger partial charge in [-0.05, 0) is 24.3 Å². The van der Waals surface area contributed by atoms with E-state index >= 15 is 0 Å². The Morgan fingerprint density at radius 1 is 1.12 bits per heavy atom. The second kappa shape index (κ2) is 6.42. The molecule has 0 radical (unpaired) electrons. The lowest BCUT2D eigenvalue weighted by atomic mass is 9.95. The van der Waals surface area contributed by atoms with Gasteiger partial charge < -0.3 is 0 Å². The number of aromatic nitrogens is 1. The lowest BCUT2D eigenvalue weighted by Crippen LogP contribution is -2.28. The smallest absolute Gasteiger partial charge is 0.234 e. The maximum atomic E-state index is 12.7. The lowest BCUT2D eigenvalue weighted by Gasteiger charge is -2.15. The molecule has 0 N–H and O–H groups in total. The van der Waals surface area contributed by atoms with Crippen molar-refractivity contribution in [1.82, 2.24) is 4.98 Å². The molecule has 2 amide bonds. The summed E-state index contributed by atoms with van der Waals surface area (Å²) in [6.45, 7) is 0. The molecule has 0 spiro atoms. The highest BCUT2D eigenvalue weighted by Crippen LogP contribution is 2.26. The lowest BCUT2D eigenvalue weighted by molar-refractivity contribution is -0.121. The molecule has 1 saturated heterocycles. The van der Waals surface area contributed by atoms with Crippen molar-refractivity contribution in [3.63, 3.8) is 0 Å². The van der Waals surface area contributed by atoms with Crippen molar-refractivity contribution in [3.8, 4) is 6.07 Å². The maximum absolute atomic E-state index is 12.7. The van der Waals surface area contributed by atoms with E-state index in [0.717, 1.165) is 4.90 Å². The fourth-order valence-corrected chi connectivity index (χ4v) is 2.64. The molecule has 0 unspecified atom stereocenters. The summed E-state index contributed by atoms with van der Waals surface area (Å²) >= 11 is 0. The number of imide groups is 1. The van der Waals surface area contributed by atoms with Crippen LogP contribution in [0.5, 0.6) is 0 Å². The van der Waals surface area contributed by atoms with E-state index in [2.05, 4.69) is 4.98 Å². The Balaban J connectivity index is 1.94. The van der Waals surface area contributed by atoms with Crippen molar-refractivity contribution >= 4 is 23.3 Å². The van der Waals surface area contributed by atoms with Crippen LogP contribution in [-0.2, 0) is 9.59 Å². The minimum absolute atomic E-state index is 0.172. The fourth-order valence-electron chi connectivity index (χ4n) is 2.64. The first-order valence-corrected chi connectivity index (χ1v) is 7.42. The van der Waals surface area contributed by atoms with E-state index < -0.39 is 11.7 Å². The number of ketones is 1. The van der Waals surface area contributed by atoms with E-state index in [1.54, 1.807) is 36.4 Å². The molecule has 3 rings (SSSR count). The summed E-state index contributed by atoms with van der Waals surface area (Å²) in [4.78, 5) is 41.5. The van der Waals surface area contributed by atoms with Gasteiger partial charge in [0.05, 0.1) is 17.5 Å². The molecule has 2 heterocycles.